The third-order valence-corrected chi connectivity index (χ3v) is 61.6. The van der Waals surface area contributed by atoms with Crippen molar-refractivity contribution >= 4 is 80.0 Å². The Kier molecular flexibility index (Phi) is 40.0. The average molecular weight is 1770 g/mol. The molecular formula is C102H200N4O3S4Si4. The zero-order valence-corrected chi connectivity index (χ0v) is 92.7. The van der Waals surface area contributed by atoms with E-state index in [2.05, 4.69) is 366 Å². The summed E-state index contributed by atoms with van der Waals surface area (Å²) < 4.78 is 29.7. The van der Waals surface area contributed by atoms with Crippen LogP contribution >= 0.6 is 47.0 Å². The van der Waals surface area contributed by atoms with Crippen molar-refractivity contribution in [3.63, 3.8) is 0 Å². The Bertz CT molecular complexity index is 3080. The lowest BCUT2D eigenvalue weighted by Crippen LogP contribution is -2.63. The van der Waals surface area contributed by atoms with Crippen LogP contribution in [0.2, 0.25) is 73.0 Å². The van der Waals surface area contributed by atoms with Crippen LogP contribution < -0.4 is 0 Å². The fourth-order valence-electron chi connectivity index (χ4n) is 27.6. The molecule has 686 valence electrons. The van der Waals surface area contributed by atoms with Gasteiger partial charge in [-0.3, -0.25) is 0 Å². The minimum Gasteiger partial charge on any atom is -0.376 e. The van der Waals surface area contributed by atoms with E-state index < -0.39 is 32.9 Å². The van der Waals surface area contributed by atoms with Gasteiger partial charge >= 0.3 is 0 Å². The first-order valence-corrected chi connectivity index (χ1v) is 64.3. The standard InChI is InChI=1S/C30H59NOSSi.2C27H53NOSSi.C18H35NSSi/c1-11-31(29(4,5)6)34(10,21-17-13-12-16-20-32-30(7,8)9)28-23(3)22(2)26-24-18-14-15-19-25(24)33-27(26)28;1-12-28(26(5,6)7)31(11,18-16-14-13-15-17-29-27(8,9)10)25-22(4)21(3)24-23(25)19-20(2)30-24;1-12-28(26(5,6)7)31(11,18-16-14-13-15-17-29-27(8,9)10)25-22(4)21(3)23-19-20(2)30-24(23)25;1-10-19(18(5,6)7)21(8,9)17-14(4)13(3)15-11-12(2)20-16(15)17/h22-28H,11-21H2,1-10H3;2*19,21-25H,12-18H2,1-11H3;11,13-17H,10H2,1-9H3. The molecule has 1 saturated heterocycles. The van der Waals surface area contributed by atoms with Crippen molar-refractivity contribution < 1.29 is 14.2 Å². The molecule has 5 aliphatic carbocycles. The minimum atomic E-state index is -1.66. The van der Waals surface area contributed by atoms with Crippen LogP contribution in [0.5, 0.6) is 0 Å². The summed E-state index contributed by atoms with van der Waals surface area (Å²) in [5.41, 5.74) is 4.67. The van der Waals surface area contributed by atoms with E-state index in [4.69, 9.17) is 14.2 Å². The second kappa shape index (κ2) is 43.7. The molecule has 0 spiro atoms. The molecule has 0 N–H and O–H groups in total. The van der Waals surface area contributed by atoms with Crippen LogP contribution in [-0.2, 0) is 14.2 Å². The first-order chi connectivity index (χ1) is 53.8. The number of unbranched alkanes of at least 4 members (excludes halogenated alkanes) is 9. The molecule has 0 aromatic carbocycles. The Morgan fingerprint density at radius 1 is 0.333 bits per heavy atom. The predicted molar refractivity (Wildman–Crippen MR) is 543 cm³/mol. The number of rotatable bonds is 33. The van der Waals surface area contributed by atoms with Crippen molar-refractivity contribution in [1.29, 1.82) is 0 Å². The SMILES string of the molecule is CCN(C(C)(C)C)[Si](C)(C)C1C(C)C(C)C2C=C(C)SC21.CCN(C(C)(C)C)[Si](C)(CCCCCCOC(C)(C)C)C1C(C)C(C)C2C3CCCCC3SC21.CCN(C(C)(C)C)[Si](C)(CCCCCCOC(C)(C)C)C1C(C)C(C)C2C=C(C)SC21.CCN(C(C)(C)C)[Si](C)(CCCCCCOC(C)(C)C)C1C(C)C(C)C2SC(C)=CC21. The molecule has 25 atom stereocenters. The molecule has 4 aliphatic heterocycles. The molecule has 6 fully saturated rings. The molecule has 117 heavy (non-hydrogen) atoms. The maximum atomic E-state index is 5.98. The number of hydrogen-bond acceptors (Lipinski definition) is 11. The Labute approximate surface area is 752 Å². The molecule has 25 unspecified atom stereocenters. The molecule has 9 rings (SSSR count). The summed E-state index contributed by atoms with van der Waals surface area (Å²) in [6.07, 6.45) is 29.7. The van der Waals surface area contributed by atoms with E-state index in [0.717, 1.165) is 145 Å². The smallest absolute Gasteiger partial charge is 0.130 e. The fourth-order valence-corrected chi connectivity index (χ4v) is 63.4. The molecule has 7 nitrogen and oxygen atoms in total. The molecule has 0 bridgehead atoms. The molecule has 0 aromatic rings. The maximum Gasteiger partial charge on any atom is 0.130 e. The third-order valence-electron chi connectivity index (χ3n) is 32.1. The molecule has 4 heterocycles. The predicted octanol–water partition coefficient (Wildman–Crippen LogP) is 31.3. The highest BCUT2D eigenvalue weighted by molar-refractivity contribution is 8.04. The number of hydrogen-bond donors (Lipinski definition) is 0. The topological polar surface area (TPSA) is 40.7 Å². The quantitative estimate of drug-likeness (QED) is 0.0466. The van der Waals surface area contributed by atoms with Gasteiger partial charge in [0.25, 0.3) is 0 Å². The van der Waals surface area contributed by atoms with Gasteiger partial charge in [-0.05, 0) is 356 Å². The summed E-state index contributed by atoms with van der Waals surface area (Å²) in [4.78, 5) is 4.72. The summed E-state index contributed by atoms with van der Waals surface area (Å²) in [6.45, 7) is 107. The van der Waals surface area contributed by atoms with E-state index in [9.17, 15) is 0 Å². The summed E-state index contributed by atoms with van der Waals surface area (Å²) in [6, 6.07) is 4.38. The van der Waals surface area contributed by atoms with E-state index >= 15 is 0 Å². The minimum absolute atomic E-state index is 0.00178. The van der Waals surface area contributed by atoms with Gasteiger partial charge in [0, 0.05) is 68.2 Å². The maximum absolute atomic E-state index is 5.98. The third kappa shape index (κ3) is 27.0. The summed E-state index contributed by atoms with van der Waals surface area (Å²) >= 11 is 9.08. The van der Waals surface area contributed by atoms with E-state index in [1.54, 1.807) is 14.7 Å². The van der Waals surface area contributed by atoms with E-state index in [1.165, 1.54) is 147 Å². The lowest BCUT2D eigenvalue weighted by Gasteiger charge is -2.53. The number of ether oxygens (including phenoxy) is 3. The number of thioether (sulfide) groups is 4. The molecule has 5 saturated carbocycles. The highest BCUT2D eigenvalue weighted by Gasteiger charge is 2.65. The summed E-state index contributed by atoms with van der Waals surface area (Å²) in [5, 5.41) is 4.39. The number of allylic oxidation sites excluding steroid dienone is 6. The summed E-state index contributed by atoms with van der Waals surface area (Å²) in [7, 11) is -6.44. The number of fused-ring (bicyclic) bond motifs is 6. The van der Waals surface area contributed by atoms with Gasteiger partial charge in [0.15, 0.2) is 0 Å². The first kappa shape index (κ1) is 107. The Morgan fingerprint density at radius 3 is 0.991 bits per heavy atom. The second-order valence-corrected chi connectivity index (χ2v) is 71.7. The van der Waals surface area contributed by atoms with Gasteiger partial charge in [0.1, 0.15) is 32.9 Å². The van der Waals surface area contributed by atoms with Gasteiger partial charge in [-0.1, -0.05) is 205 Å². The van der Waals surface area contributed by atoms with Crippen molar-refractivity contribution in [2.75, 3.05) is 46.0 Å². The Hall–Kier alpha value is 1.21. The first-order valence-electron chi connectivity index (χ1n) is 49.5. The van der Waals surface area contributed by atoms with Gasteiger partial charge in [0.05, 0.1) is 16.8 Å². The molecule has 0 radical (unpaired) electrons. The van der Waals surface area contributed by atoms with Crippen LogP contribution in [0.15, 0.2) is 32.9 Å². The molecule has 15 heteroatoms. The van der Waals surface area contributed by atoms with Gasteiger partial charge in [-0.2, -0.15) is 11.8 Å². The lowest BCUT2D eigenvalue weighted by molar-refractivity contribution is -0.00508. The van der Waals surface area contributed by atoms with Gasteiger partial charge in [-0.15, -0.1) is 35.3 Å². The van der Waals surface area contributed by atoms with Crippen molar-refractivity contribution in [3.05, 3.63) is 32.9 Å². The lowest BCUT2D eigenvalue weighted by atomic mass is 9.75. The molecule has 0 aromatic heterocycles. The Morgan fingerprint density at radius 2 is 0.632 bits per heavy atom. The van der Waals surface area contributed by atoms with Gasteiger partial charge < -0.3 is 32.5 Å². The highest BCUT2D eigenvalue weighted by atomic mass is 32.2. The fraction of sp³-hybridized carbons (Fsp3) is 0.941. The van der Waals surface area contributed by atoms with Gasteiger partial charge in [-0.25, -0.2) is 0 Å². The van der Waals surface area contributed by atoms with Crippen molar-refractivity contribution in [3.8, 4) is 0 Å². The zero-order chi connectivity index (χ0) is 88.7. The second-order valence-electron chi connectivity index (χ2n) is 48.2. The van der Waals surface area contributed by atoms with Crippen LogP contribution in [0.1, 0.15) is 352 Å². The van der Waals surface area contributed by atoms with Crippen LogP contribution in [0.4, 0.5) is 0 Å². The molecule has 9 aliphatic rings. The van der Waals surface area contributed by atoms with E-state index in [0.29, 0.717) is 0 Å². The van der Waals surface area contributed by atoms with Crippen LogP contribution in [-0.4, -0.2) is 162 Å². The Balaban J connectivity index is 0.000000245. The molecular weight excluding hydrogens is 1570 g/mol. The normalized spacial score (nSPS) is 33.6. The largest absolute Gasteiger partial charge is 0.376 e. The highest BCUT2D eigenvalue weighted by Crippen LogP contribution is 2.68. The summed E-state index contributed by atoms with van der Waals surface area (Å²) in [5.74, 6) is 11.2. The zero-order valence-electron chi connectivity index (χ0n) is 85.5. The van der Waals surface area contributed by atoms with Crippen LogP contribution in [0, 0.1) is 76.9 Å². The van der Waals surface area contributed by atoms with Crippen molar-refractivity contribution in [2.45, 2.75) is 490 Å². The monoisotopic (exact) mass is 1770 g/mol. The van der Waals surface area contributed by atoms with Crippen molar-refractivity contribution in [2.24, 2.45) is 76.9 Å². The van der Waals surface area contributed by atoms with Crippen LogP contribution in [0.25, 0.3) is 0 Å². The average Bonchev–Trinajstić information content (AvgIpc) is 1.57. The number of nitrogens with zero attached hydrogens (tertiary/aromatic N) is 4. The van der Waals surface area contributed by atoms with E-state index in [1.807, 2.05) is 0 Å². The van der Waals surface area contributed by atoms with Crippen LogP contribution in [0.3, 0.4) is 0 Å². The van der Waals surface area contributed by atoms with Gasteiger partial charge in [0.2, 0.25) is 0 Å². The molecule has 0 amide bonds. The van der Waals surface area contributed by atoms with Crippen molar-refractivity contribution in [1.82, 2.24) is 18.3 Å². The van der Waals surface area contributed by atoms with E-state index in [-0.39, 0.29) is 39.0 Å².